The summed E-state index contributed by atoms with van der Waals surface area (Å²) >= 11 is 0. The van der Waals surface area contributed by atoms with Crippen LogP contribution in [0, 0.1) is 12.3 Å². The molecule has 0 spiro atoms. The minimum Gasteiger partial charge on any atom is -0.480 e. The Morgan fingerprint density at radius 2 is 2.00 bits per heavy atom. The lowest BCUT2D eigenvalue weighted by Gasteiger charge is -2.36. The van der Waals surface area contributed by atoms with Crippen molar-refractivity contribution in [3.05, 3.63) is 35.4 Å². The Labute approximate surface area is 124 Å². The molecule has 5 heteroatoms. The van der Waals surface area contributed by atoms with Crippen molar-refractivity contribution in [2.24, 2.45) is 0 Å². The molecular weight excluding hydrogens is 268 g/mol. The van der Waals surface area contributed by atoms with Crippen LogP contribution in [0.2, 0.25) is 0 Å². The normalized spacial score (nSPS) is 17.6. The zero-order valence-electron chi connectivity index (χ0n) is 12.1. The smallest absolute Gasteiger partial charge is 0.326 e. The fraction of sp³-hybridized carbons (Fsp3) is 0.375. The molecule has 110 valence electrons. The van der Waals surface area contributed by atoms with E-state index < -0.39 is 23.6 Å². The third-order valence-electron chi connectivity index (χ3n) is 3.57. The predicted molar refractivity (Wildman–Crippen MR) is 78.6 cm³/mol. The number of rotatable bonds is 2. The number of terminal acetylenes is 1. The molecule has 1 heterocycles. The molecular formula is C16H18N2O3. The van der Waals surface area contributed by atoms with E-state index in [1.165, 1.54) is 4.90 Å². The molecule has 21 heavy (non-hydrogen) atoms. The Balaban J connectivity index is 2.27. The fourth-order valence-electron chi connectivity index (χ4n) is 2.33. The molecule has 2 N–H and O–H groups in total. The standard InChI is InChI=1S/C16H18N2O3/c1-4-16(2,3)17-15(21)18-10-12-8-6-5-7-11(12)9-13(18)14(19)20/h1,5-8,13H,9-10H2,2-3H3,(H,17,21)(H,19,20). The van der Waals surface area contributed by atoms with E-state index >= 15 is 0 Å². The number of nitrogens with one attached hydrogen (secondary N) is 1. The molecule has 0 saturated heterocycles. The largest absolute Gasteiger partial charge is 0.480 e. The van der Waals surface area contributed by atoms with E-state index in [4.69, 9.17) is 6.42 Å². The molecule has 0 fully saturated rings. The number of carboxylic acid groups (broad SMARTS) is 1. The van der Waals surface area contributed by atoms with Crippen molar-refractivity contribution in [3.8, 4) is 12.3 Å². The summed E-state index contributed by atoms with van der Waals surface area (Å²) < 4.78 is 0. The number of nitrogens with zero attached hydrogens (tertiary/aromatic N) is 1. The van der Waals surface area contributed by atoms with Gasteiger partial charge in [-0.25, -0.2) is 9.59 Å². The van der Waals surface area contributed by atoms with Crippen LogP contribution >= 0.6 is 0 Å². The van der Waals surface area contributed by atoms with Crippen LogP contribution in [0.3, 0.4) is 0 Å². The number of fused-ring (bicyclic) bond motifs is 1. The summed E-state index contributed by atoms with van der Waals surface area (Å²) in [6.45, 7) is 3.65. The summed E-state index contributed by atoms with van der Waals surface area (Å²) in [6.07, 6.45) is 5.66. The van der Waals surface area contributed by atoms with Gasteiger partial charge >= 0.3 is 12.0 Å². The quantitative estimate of drug-likeness (QED) is 0.812. The zero-order valence-corrected chi connectivity index (χ0v) is 12.1. The van der Waals surface area contributed by atoms with Crippen molar-refractivity contribution in [3.63, 3.8) is 0 Å². The second kappa shape index (κ2) is 5.49. The van der Waals surface area contributed by atoms with Crippen molar-refractivity contribution >= 4 is 12.0 Å². The topological polar surface area (TPSA) is 69.6 Å². The second-order valence-corrected chi connectivity index (χ2v) is 5.65. The maximum absolute atomic E-state index is 12.4. The Kier molecular flexibility index (Phi) is 3.90. The van der Waals surface area contributed by atoms with Crippen LogP contribution in [0.4, 0.5) is 4.79 Å². The Hall–Kier alpha value is -2.48. The van der Waals surface area contributed by atoms with Crippen molar-refractivity contribution in [2.45, 2.75) is 38.4 Å². The third kappa shape index (κ3) is 3.16. The van der Waals surface area contributed by atoms with Gasteiger partial charge in [0.2, 0.25) is 0 Å². The van der Waals surface area contributed by atoms with Crippen LogP contribution < -0.4 is 5.32 Å². The maximum atomic E-state index is 12.4. The number of carbonyl (C=O) groups is 2. The SMILES string of the molecule is C#CC(C)(C)NC(=O)N1Cc2ccccc2CC1C(=O)O. The van der Waals surface area contributed by atoms with Gasteiger partial charge in [0, 0.05) is 13.0 Å². The van der Waals surface area contributed by atoms with Crippen LogP contribution in [0.25, 0.3) is 0 Å². The van der Waals surface area contributed by atoms with Crippen molar-refractivity contribution in [1.29, 1.82) is 0 Å². The van der Waals surface area contributed by atoms with E-state index in [0.717, 1.165) is 11.1 Å². The van der Waals surface area contributed by atoms with E-state index in [1.54, 1.807) is 13.8 Å². The number of amides is 2. The highest BCUT2D eigenvalue weighted by Crippen LogP contribution is 2.24. The van der Waals surface area contributed by atoms with Crippen LogP contribution in [0.15, 0.2) is 24.3 Å². The van der Waals surface area contributed by atoms with E-state index in [0.29, 0.717) is 6.42 Å². The van der Waals surface area contributed by atoms with Gasteiger partial charge in [-0.2, -0.15) is 0 Å². The number of benzene rings is 1. The highest BCUT2D eigenvalue weighted by atomic mass is 16.4. The molecule has 0 radical (unpaired) electrons. The Bertz CT molecular complexity index is 616. The summed E-state index contributed by atoms with van der Waals surface area (Å²) in [5.74, 6) is 1.45. The first-order chi connectivity index (χ1) is 9.84. The third-order valence-corrected chi connectivity index (χ3v) is 3.57. The molecule has 1 unspecified atom stereocenters. The first-order valence-corrected chi connectivity index (χ1v) is 6.70. The van der Waals surface area contributed by atoms with Crippen LogP contribution in [0.5, 0.6) is 0 Å². The average molecular weight is 286 g/mol. The molecule has 0 saturated carbocycles. The monoisotopic (exact) mass is 286 g/mol. The summed E-state index contributed by atoms with van der Waals surface area (Å²) in [5.41, 5.74) is 1.10. The molecule has 1 atom stereocenters. The number of carboxylic acids is 1. The van der Waals surface area contributed by atoms with Crippen molar-refractivity contribution < 1.29 is 14.7 Å². The first kappa shape index (κ1) is 14.9. The van der Waals surface area contributed by atoms with Crippen LogP contribution in [0.1, 0.15) is 25.0 Å². The minimum atomic E-state index is -1.02. The molecule has 0 bridgehead atoms. The van der Waals surface area contributed by atoms with Gasteiger partial charge in [0.15, 0.2) is 0 Å². The number of aliphatic carboxylic acids is 1. The van der Waals surface area contributed by atoms with Gasteiger partial charge in [-0.3, -0.25) is 0 Å². The van der Waals surface area contributed by atoms with Crippen LogP contribution in [-0.4, -0.2) is 33.6 Å². The van der Waals surface area contributed by atoms with E-state index in [-0.39, 0.29) is 6.54 Å². The Morgan fingerprint density at radius 3 is 2.57 bits per heavy atom. The van der Waals surface area contributed by atoms with Crippen LogP contribution in [-0.2, 0) is 17.8 Å². The van der Waals surface area contributed by atoms with E-state index in [9.17, 15) is 14.7 Å². The summed E-state index contributed by atoms with van der Waals surface area (Å²) in [7, 11) is 0. The fourth-order valence-corrected chi connectivity index (χ4v) is 2.33. The van der Waals surface area contributed by atoms with Gasteiger partial charge in [0.25, 0.3) is 0 Å². The molecule has 2 amide bonds. The lowest BCUT2D eigenvalue weighted by atomic mass is 9.94. The van der Waals surface area contributed by atoms with Gasteiger partial charge in [0.05, 0.1) is 5.54 Å². The molecule has 1 aliphatic rings. The summed E-state index contributed by atoms with van der Waals surface area (Å²) in [5, 5.41) is 12.1. The molecule has 2 rings (SSSR count). The number of hydrogen-bond donors (Lipinski definition) is 2. The predicted octanol–water partition coefficient (Wildman–Crippen LogP) is 1.62. The second-order valence-electron chi connectivity index (χ2n) is 5.65. The Morgan fingerprint density at radius 1 is 1.38 bits per heavy atom. The number of urea groups is 1. The molecule has 1 aliphatic heterocycles. The highest BCUT2D eigenvalue weighted by molar-refractivity contribution is 5.84. The summed E-state index contributed by atoms with van der Waals surface area (Å²) in [4.78, 5) is 25.1. The highest BCUT2D eigenvalue weighted by Gasteiger charge is 2.35. The molecule has 0 aromatic heterocycles. The average Bonchev–Trinajstić information content (AvgIpc) is 2.45. The van der Waals surface area contributed by atoms with Gasteiger partial charge in [-0.15, -0.1) is 6.42 Å². The first-order valence-electron chi connectivity index (χ1n) is 6.70. The van der Waals surface area contributed by atoms with Gasteiger partial charge in [-0.05, 0) is 25.0 Å². The molecule has 5 nitrogen and oxygen atoms in total. The van der Waals surface area contributed by atoms with Crippen molar-refractivity contribution in [2.75, 3.05) is 0 Å². The minimum absolute atomic E-state index is 0.264. The van der Waals surface area contributed by atoms with E-state index in [1.807, 2.05) is 24.3 Å². The maximum Gasteiger partial charge on any atom is 0.326 e. The van der Waals surface area contributed by atoms with Crippen molar-refractivity contribution in [1.82, 2.24) is 10.2 Å². The lowest BCUT2D eigenvalue weighted by molar-refractivity contribution is -0.142. The lowest BCUT2D eigenvalue weighted by Crippen LogP contribution is -2.56. The molecule has 0 aliphatic carbocycles. The zero-order chi connectivity index (χ0) is 15.6. The number of carbonyl (C=O) groups excluding carboxylic acids is 1. The van der Waals surface area contributed by atoms with Gasteiger partial charge < -0.3 is 15.3 Å². The molecule has 1 aromatic rings. The molecule has 1 aromatic carbocycles. The summed E-state index contributed by atoms with van der Waals surface area (Å²) in [6, 6.07) is 6.20. The van der Waals surface area contributed by atoms with Gasteiger partial charge in [-0.1, -0.05) is 30.2 Å². The van der Waals surface area contributed by atoms with Gasteiger partial charge in [0.1, 0.15) is 6.04 Å². The van der Waals surface area contributed by atoms with E-state index in [2.05, 4.69) is 11.2 Å². The number of hydrogen-bond acceptors (Lipinski definition) is 2.